The van der Waals surface area contributed by atoms with E-state index >= 15 is 0 Å². The lowest BCUT2D eigenvalue weighted by Crippen LogP contribution is -2.22. The maximum absolute atomic E-state index is 4.42. The largest absolute Gasteiger partial charge is 0.313 e. The van der Waals surface area contributed by atoms with Crippen molar-refractivity contribution < 1.29 is 0 Å². The third kappa shape index (κ3) is 1.72. The van der Waals surface area contributed by atoms with Crippen LogP contribution in [0, 0.1) is 0 Å². The van der Waals surface area contributed by atoms with Crippen LogP contribution in [0.2, 0.25) is 0 Å². The molecule has 5 heteroatoms. The topological polar surface area (TPSA) is 55.6 Å². The summed E-state index contributed by atoms with van der Waals surface area (Å²) in [5.41, 5.74) is 2.52. The van der Waals surface area contributed by atoms with Crippen molar-refractivity contribution in [1.29, 1.82) is 0 Å². The highest BCUT2D eigenvalue weighted by Gasteiger charge is 2.23. The van der Waals surface area contributed by atoms with Gasteiger partial charge in [0.2, 0.25) is 0 Å². The van der Waals surface area contributed by atoms with Crippen LogP contribution in [0.3, 0.4) is 0 Å². The number of nitrogens with one attached hydrogen (secondary N) is 1. The summed E-state index contributed by atoms with van der Waals surface area (Å²) in [6, 6.07) is 2.23. The monoisotopic (exact) mass is 229 g/mol. The quantitative estimate of drug-likeness (QED) is 0.842. The zero-order chi connectivity index (χ0) is 11.7. The fraction of sp³-hybridized carbons (Fsp3) is 0.417. The van der Waals surface area contributed by atoms with Gasteiger partial charge in [-0.15, -0.1) is 0 Å². The van der Waals surface area contributed by atoms with Gasteiger partial charge in [-0.2, -0.15) is 5.10 Å². The van der Waals surface area contributed by atoms with Crippen molar-refractivity contribution in [2.45, 2.75) is 25.3 Å². The molecule has 0 aliphatic heterocycles. The smallest absolute Gasteiger partial charge is 0.250 e. The number of nitrogens with zero attached hydrogens (tertiary/aromatic N) is 4. The maximum atomic E-state index is 4.42. The second kappa shape index (κ2) is 4.25. The summed E-state index contributed by atoms with van der Waals surface area (Å²) in [4.78, 5) is 8.50. The summed E-state index contributed by atoms with van der Waals surface area (Å²) in [6.45, 7) is 0. The number of aromatic nitrogens is 4. The molecule has 3 rings (SSSR count). The van der Waals surface area contributed by atoms with Gasteiger partial charge in [0.15, 0.2) is 0 Å². The highest BCUT2D eigenvalue weighted by molar-refractivity contribution is 5.29. The Balaban J connectivity index is 2.06. The lowest BCUT2D eigenvalue weighted by molar-refractivity contribution is 0.489. The minimum absolute atomic E-state index is 0.413. The van der Waals surface area contributed by atoms with E-state index in [2.05, 4.69) is 20.4 Å². The van der Waals surface area contributed by atoms with Gasteiger partial charge >= 0.3 is 0 Å². The summed E-state index contributed by atoms with van der Waals surface area (Å²) in [5.74, 6) is 0.658. The lowest BCUT2D eigenvalue weighted by atomic mass is 9.93. The van der Waals surface area contributed by atoms with Gasteiger partial charge in [0, 0.05) is 24.0 Å². The van der Waals surface area contributed by atoms with Crippen LogP contribution in [-0.4, -0.2) is 26.8 Å². The van der Waals surface area contributed by atoms with E-state index in [-0.39, 0.29) is 0 Å². The molecule has 0 fully saturated rings. The van der Waals surface area contributed by atoms with Gasteiger partial charge in [0.25, 0.3) is 5.95 Å². The molecule has 0 radical (unpaired) electrons. The van der Waals surface area contributed by atoms with Crippen LogP contribution in [-0.2, 0) is 6.42 Å². The van der Waals surface area contributed by atoms with Gasteiger partial charge in [-0.25, -0.2) is 14.6 Å². The fourth-order valence-corrected chi connectivity index (χ4v) is 2.43. The zero-order valence-electron chi connectivity index (χ0n) is 9.80. The van der Waals surface area contributed by atoms with Crippen LogP contribution in [0.4, 0.5) is 0 Å². The van der Waals surface area contributed by atoms with Crippen LogP contribution >= 0.6 is 0 Å². The van der Waals surface area contributed by atoms with E-state index < -0.39 is 0 Å². The first-order valence-corrected chi connectivity index (χ1v) is 5.91. The first-order chi connectivity index (χ1) is 8.40. The van der Waals surface area contributed by atoms with E-state index in [1.165, 1.54) is 24.1 Å². The molecule has 0 amide bonds. The minimum Gasteiger partial charge on any atom is -0.313 e. The van der Waals surface area contributed by atoms with Crippen LogP contribution in [0.25, 0.3) is 5.95 Å². The third-order valence-electron chi connectivity index (χ3n) is 3.27. The average molecular weight is 229 g/mol. The van der Waals surface area contributed by atoms with Crippen LogP contribution < -0.4 is 5.32 Å². The molecule has 5 nitrogen and oxygen atoms in total. The molecule has 2 heterocycles. The van der Waals surface area contributed by atoms with Crippen molar-refractivity contribution >= 4 is 0 Å². The molecular weight excluding hydrogens is 214 g/mol. The number of rotatable bonds is 2. The molecule has 1 aliphatic carbocycles. The highest BCUT2D eigenvalue weighted by Crippen LogP contribution is 2.29. The zero-order valence-corrected chi connectivity index (χ0v) is 9.80. The Kier molecular flexibility index (Phi) is 2.60. The molecule has 2 aromatic rings. The van der Waals surface area contributed by atoms with Gasteiger partial charge in [-0.1, -0.05) is 0 Å². The molecule has 17 heavy (non-hydrogen) atoms. The van der Waals surface area contributed by atoms with E-state index in [1.54, 1.807) is 12.4 Å². The standard InChI is InChI=1S/C12H15N5/c1-13-10-4-2-5-11-9(10)8-16-17(11)12-14-6-3-7-15-12/h3,6-8,10,13H,2,4-5H2,1H3. The molecule has 0 bridgehead atoms. The molecular formula is C12H15N5. The summed E-state index contributed by atoms with van der Waals surface area (Å²) in [5, 5.41) is 7.75. The van der Waals surface area contributed by atoms with E-state index in [4.69, 9.17) is 0 Å². The molecule has 0 saturated carbocycles. The molecule has 88 valence electrons. The Bertz CT molecular complexity index is 505. The predicted molar refractivity (Wildman–Crippen MR) is 63.9 cm³/mol. The summed E-state index contributed by atoms with van der Waals surface area (Å²) >= 11 is 0. The summed E-state index contributed by atoms with van der Waals surface area (Å²) in [6.07, 6.45) is 8.82. The first kappa shape index (κ1) is 10.4. The molecule has 1 atom stereocenters. The first-order valence-electron chi connectivity index (χ1n) is 5.91. The van der Waals surface area contributed by atoms with Crippen molar-refractivity contribution in [3.63, 3.8) is 0 Å². The molecule has 1 unspecified atom stereocenters. The SMILES string of the molecule is CNC1CCCc2c1cnn2-c1ncccn1. The Morgan fingerprint density at radius 2 is 2.18 bits per heavy atom. The lowest BCUT2D eigenvalue weighted by Gasteiger charge is -2.22. The van der Waals surface area contributed by atoms with E-state index in [0.717, 1.165) is 6.42 Å². The van der Waals surface area contributed by atoms with Gasteiger partial charge in [-0.3, -0.25) is 0 Å². The summed E-state index contributed by atoms with van der Waals surface area (Å²) in [7, 11) is 2.00. The second-order valence-electron chi connectivity index (χ2n) is 4.24. The number of fused-ring (bicyclic) bond motifs is 1. The molecule has 1 aliphatic rings. The Morgan fingerprint density at radius 3 is 2.94 bits per heavy atom. The summed E-state index contributed by atoms with van der Waals surface area (Å²) < 4.78 is 1.86. The van der Waals surface area contributed by atoms with Crippen molar-refractivity contribution in [3.8, 4) is 5.95 Å². The molecule has 2 aromatic heterocycles. The average Bonchev–Trinajstić information content (AvgIpc) is 2.83. The molecule has 0 spiro atoms. The maximum Gasteiger partial charge on any atom is 0.250 e. The van der Waals surface area contributed by atoms with Crippen LogP contribution in [0.1, 0.15) is 30.1 Å². The van der Waals surface area contributed by atoms with E-state index in [0.29, 0.717) is 12.0 Å². The van der Waals surface area contributed by atoms with E-state index in [9.17, 15) is 0 Å². The van der Waals surface area contributed by atoms with Crippen molar-refractivity contribution in [2.75, 3.05) is 7.05 Å². The van der Waals surface area contributed by atoms with Crippen molar-refractivity contribution in [3.05, 3.63) is 35.9 Å². The Hall–Kier alpha value is -1.75. The highest BCUT2D eigenvalue weighted by atomic mass is 15.3. The fourth-order valence-electron chi connectivity index (χ4n) is 2.43. The third-order valence-corrected chi connectivity index (χ3v) is 3.27. The van der Waals surface area contributed by atoms with Crippen molar-refractivity contribution in [2.24, 2.45) is 0 Å². The van der Waals surface area contributed by atoms with Gasteiger partial charge in [0.1, 0.15) is 0 Å². The second-order valence-corrected chi connectivity index (χ2v) is 4.24. The van der Waals surface area contributed by atoms with Crippen LogP contribution in [0.15, 0.2) is 24.7 Å². The van der Waals surface area contributed by atoms with Crippen molar-refractivity contribution in [1.82, 2.24) is 25.1 Å². The number of hydrogen-bond donors (Lipinski definition) is 1. The van der Waals surface area contributed by atoms with Gasteiger partial charge in [-0.05, 0) is 32.4 Å². The molecule has 0 aromatic carbocycles. The van der Waals surface area contributed by atoms with Gasteiger partial charge < -0.3 is 5.32 Å². The number of hydrogen-bond acceptors (Lipinski definition) is 4. The Labute approximate surface area is 99.9 Å². The Morgan fingerprint density at radius 1 is 1.35 bits per heavy atom. The molecule has 1 N–H and O–H groups in total. The van der Waals surface area contributed by atoms with E-state index in [1.807, 2.05) is 24.0 Å². The minimum atomic E-state index is 0.413. The van der Waals surface area contributed by atoms with Crippen LogP contribution in [0.5, 0.6) is 0 Å². The molecule has 0 saturated heterocycles. The predicted octanol–water partition coefficient (Wildman–Crippen LogP) is 1.26. The normalized spacial score (nSPS) is 19.0. The van der Waals surface area contributed by atoms with Gasteiger partial charge in [0.05, 0.1) is 11.9 Å².